The highest BCUT2D eigenvalue weighted by Gasteiger charge is 2.24. The molecule has 0 aliphatic carbocycles. The van der Waals surface area contributed by atoms with Gasteiger partial charge in [0.15, 0.2) is 0 Å². The number of aryl methyl sites for hydroxylation is 1. The molecule has 3 aromatic rings. The average molecular weight is 392 g/mol. The molecular weight excluding hydrogens is 372 g/mol. The lowest BCUT2D eigenvalue weighted by Gasteiger charge is -2.18. The van der Waals surface area contributed by atoms with Crippen LogP contribution in [0.15, 0.2) is 52.9 Å². The lowest BCUT2D eigenvalue weighted by Crippen LogP contribution is -2.27. The van der Waals surface area contributed by atoms with Crippen LogP contribution in [-0.4, -0.2) is 35.3 Å². The second kappa shape index (κ2) is 7.75. The molecule has 1 fully saturated rings. The molecule has 1 aliphatic rings. The van der Waals surface area contributed by atoms with Crippen LogP contribution < -0.4 is 10.2 Å². The van der Waals surface area contributed by atoms with E-state index < -0.39 is 0 Å². The molecule has 1 saturated heterocycles. The number of cyclic esters (lactones) is 1. The van der Waals surface area contributed by atoms with Gasteiger partial charge in [0.1, 0.15) is 6.61 Å². The first-order chi connectivity index (χ1) is 14.0. The van der Waals surface area contributed by atoms with Crippen LogP contribution in [0.2, 0.25) is 0 Å². The summed E-state index contributed by atoms with van der Waals surface area (Å²) in [5, 5.41) is 10.8. The molecule has 0 bridgehead atoms. The minimum atomic E-state index is -0.352. The number of carbonyl (C=O) groups excluding carboxylic acids is 2. The lowest BCUT2D eigenvalue weighted by atomic mass is 10.1. The third-order valence-electron chi connectivity index (χ3n) is 4.71. The summed E-state index contributed by atoms with van der Waals surface area (Å²) in [4.78, 5) is 26.0. The first kappa shape index (κ1) is 18.7. The summed E-state index contributed by atoms with van der Waals surface area (Å²) in [5.74, 6) is 0.705. The normalized spacial score (nSPS) is 14.6. The highest BCUT2D eigenvalue weighted by molar-refractivity contribution is 5.95. The number of nitrogens with zero attached hydrogens (tertiary/aromatic N) is 3. The molecule has 1 atom stereocenters. The van der Waals surface area contributed by atoms with Gasteiger partial charge in [0.05, 0.1) is 12.6 Å². The summed E-state index contributed by atoms with van der Waals surface area (Å²) in [6.45, 7) is 4.53. The van der Waals surface area contributed by atoms with Crippen LogP contribution in [-0.2, 0) is 4.74 Å². The van der Waals surface area contributed by atoms with Gasteiger partial charge in [0.25, 0.3) is 5.91 Å². The maximum atomic E-state index is 12.6. The molecule has 1 aliphatic heterocycles. The average Bonchev–Trinajstić information content (AvgIpc) is 3.36. The molecule has 4 rings (SSSR count). The van der Waals surface area contributed by atoms with Crippen molar-refractivity contribution in [2.24, 2.45) is 0 Å². The van der Waals surface area contributed by atoms with Crippen molar-refractivity contribution in [3.8, 4) is 11.5 Å². The predicted octanol–water partition coefficient (Wildman–Crippen LogP) is 3.49. The maximum Gasteiger partial charge on any atom is 0.414 e. The number of hydrogen-bond acceptors (Lipinski definition) is 6. The second-order valence-electron chi connectivity index (χ2n) is 6.76. The van der Waals surface area contributed by atoms with Crippen LogP contribution >= 0.6 is 0 Å². The van der Waals surface area contributed by atoms with Crippen molar-refractivity contribution >= 4 is 17.7 Å². The number of benzene rings is 2. The van der Waals surface area contributed by atoms with Crippen molar-refractivity contribution in [1.82, 2.24) is 15.5 Å². The minimum Gasteiger partial charge on any atom is -0.447 e. The predicted molar refractivity (Wildman–Crippen MR) is 105 cm³/mol. The fraction of sp³-hybridized carbons (Fsp3) is 0.238. The van der Waals surface area contributed by atoms with Crippen LogP contribution in [0, 0.1) is 6.92 Å². The zero-order chi connectivity index (χ0) is 20.4. The molecule has 1 N–H and O–H groups in total. The van der Waals surface area contributed by atoms with Gasteiger partial charge in [-0.25, -0.2) is 4.79 Å². The highest BCUT2D eigenvalue weighted by atomic mass is 16.6. The third kappa shape index (κ3) is 3.96. The molecule has 1 unspecified atom stereocenters. The number of rotatable bonds is 5. The smallest absolute Gasteiger partial charge is 0.414 e. The molecule has 2 amide bonds. The van der Waals surface area contributed by atoms with Crippen molar-refractivity contribution in [2.75, 3.05) is 18.1 Å². The number of carbonyl (C=O) groups is 2. The van der Waals surface area contributed by atoms with E-state index in [0.717, 1.165) is 16.8 Å². The summed E-state index contributed by atoms with van der Waals surface area (Å²) in [6, 6.07) is 14.2. The second-order valence-corrected chi connectivity index (χ2v) is 6.76. The first-order valence-electron chi connectivity index (χ1n) is 9.27. The molecule has 2 heterocycles. The van der Waals surface area contributed by atoms with Gasteiger partial charge in [-0.05, 0) is 48.9 Å². The molecule has 0 radical (unpaired) electrons. The van der Waals surface area contributed by atoms with E-state index in [4.69, 9.17) is 9.15 Å². The van der Waals surface area contributed by atoms with E-state index in [-0.39, 0.29) is 18.0 Å². The molecule has 8 nitrogen and oxygen atoms in total. The topological polar surface area (TPSA) is 97.6 Å². The van der Waals surface area contributed by atoms with Gasteiger partial charge in [-0.15, -0.1) is 10.2 Å². The maximum absolute atomic E-state index is 12.6. The summed E-state index contributed by atoms with van der Waals surface area (Å²) < 4.78 is 10.4. The number of nitrogens with one attached hydrogen (secondary N) is 1. The van der Waals surface area contributed by atoms with Crippen molar-refractivity contribution in [3.05, 3.63) is 65.5 Å². The zero-order valence-corrected chi connectivity index (χ0v) is 16.1. The fourth-order valence-electron chi connectivity index (χ4n) is 3.13. The van der Waals surface area contributed by atoms with Crippen LogP contribution in [0.1, 0.15) is 34.8 Å². The van der Waals surface area contributed by atoms with Crippen molar-refractivity contribution in [3.63, 3.8) is 0 Å². The first-order valence-corrected chi connectivity index (χ1v) is 9.27. The molecule has 1 aromatic heterocycles. The zero-order valence-electron chi connectivity index (χ0n) is 16.1. The lowest BCUT2D eigenvalue weighted by molar-refractivity contribution is 0.0940. The minimum absolute atomic E-state index is 0.197. The highest BCUT2D eigenvalue weighted by Crippen LogP contribution is 2.24. The molecular formula is C21H20N4O4. The van der Waals surface area contributed by atoms with E-state index in [1.165, 1.54) is 0 Å². The molecule has 8 heteroatoms. The van der Waals surface area contributed by atoms with Crippen LogP contribution in [0.3, 0.4) is 0 Å². The van der Waals surface area contributed by atoms with Gasteiger partial charge >= 0.3 is 6.09 Å². The molecule has 0 saturated carbocycles. The van der Waals surface area contributed by atoms with Crippen LogP contribution in [0.25, 0.3) is 11.5 Å². The van der Waals surface area contributed by atoms with Crippen molar-refractivity contribution in [1.29, 1.82) is 0 Å². The van der Waals surface area contributed by atoms with E-state index in [1.54, 1.807) is 36.1 Å². The molecule has 2 aromatic carbocycles. The van der Waals surface area contributed by atoms with Crippen molar-refractivity contribution in [2.45, 2.75) is 19.9 Å². The van der Waals surface area contributed by atoms with Gasteiger partial charge in [0, 0.05) is 23.7 Å². The van der Waals surface area contributed by atoms with Gasteiger partial charge in [0.2, 0.25) is 11.8 Å². The molecule has 29 heavy (non-hydrogen) atoms. The Balaban J connectivity index is 1.45. The Hall–Kier alpha value is -3.68. The Kier molecular flexibility index (Phi) is 4.99. The van der Waals surface area contributed by atoms with Crippen molar-refractivity contribution < 1.29 is 18.7 Å². The van der Waals surface area contributed by atoms with E-state index in [0.29, 0.717) is 30.5 Å². The fourth-order valence-corrected chi connectivity index (χ4v) is 3.13. The largest absolute Gasteiger partial charge is 0.447 e. The Morgan fingerprint density at radius 3 is 2.62 bits per heavy atom. The third-order valence-corrected chi connectivity index (χ3v) is 4.71. The van der Waals surface area contributed by atoms with E-state index in [2.05, 4.69) is 15.5 Å². The van der Waals surface area contributed by atoms with Gasteiger partial charge < -0.3 is 14.5 Å². The quantitative estimate of drug-likeness (QED) is 0.714. The number of hydrogen-bond donors (Lipinski definition) is 1. The van der Waals surface area contributed by atoms with Gasteiger partial charge in [-0.3, -0.25) is 9.69 Å². The number of amides is 2. The van der Waals surface area contributed by atoms with Crippen LogP contribution in [0.4, 0.5) is 10.5 Å². The number of ether oxygens (including phenoxy) is 1. The van der Waals surface area contributed by atoms with E-state index in [9.17, 15) is 9.59 Å². The summed E-state index contributed by atoms with van der Waals surface area (Å²) in [7, 11) is 0. The molecule has 148 valence electrons. The van der Waals surface area contributed by atoms with Crippen LogP contribution in [0.5, 0.6) is 0 Å². The Bertz CT molecular complexity index is 1040. The Morgan fingerprint density at radius 1 is 1.17 bits per heavy atom. The van der Waals surface area contributed by atoms with Gasteiger partial charge in [-0.1, -0.05) is 12.1 Å². The summed E-state index contributed by atoms with van der Waals surface area (Å²) in [5.41, 5.74) is 2.93. The van der Waals surface area contributed by atoms with E-state index in [1.807, 2.05) is 31.2 Å². The number of aromatic nitrogens is 2. The monoisotopic (exact) mass is 392 g/mol. The standard InChI is InChI=1S/C21H20N4O4/c1-13(17-4-3-5-18(12-17)25-10-11-28-21(25)27)22-19(26)15-6-8-16(9-7-15)20-24-23-14(2)29-20/h3-9,12-13H,10-11H2,1-2H3,(H,22,26). The molecule has 0 spiro atoms. The Labute approximate surface area is 167 Å². The summed E-state index contributed by atoms with van der Waals surface area (Å²) in [6.07, 6.45) is -0.352. The van der Waals surface area contributed by atoms with Gasteiger partial charge in [-0.2, -0.15) is 0 Å². The summed E-state index contributed by atoms with van der Waals surface area (Å²) >= 11 is 0. The Morgan fingerprint density at radius 2 is 1.97 bits per heavy atom. The number of anilines is 1. The SMILES string of the molecule is Cc1nnc(-c2ccc(C(=O)NC(C)c3cccc(N4CCOC4=O)c3)cc2)o1. The van der Waals surface area contributed by atoms with E-state index >= 15 is 0 Å².